The van der Waals surface area contributed by atoms with Crippen molar-refractivity contribution in [3.63, 3.8) is 0 Å². The summed E-state index contributed by atoms with van der Waals surface area (Å²) in [4.78, 5) is 28.3. The Labute approximate surface area is 186 Å². The van der Waals surface area contributed by atoms with Gasteiger partial charge in [0.25, 0.3) is 6.43 Å². The normalized spacial score (nSPS) is 14.3. The minimum absolute atomic E-state index is 0.0410. The predicted molar refractivity (Wildman–Crippen MR) is 116 cm³/mol. The van der Waals surface area contributed by atoms with Gasteiger partial charge in [0.1, 0.15) is 12.4 Å². The van der Waals surface area contributed by atoms with Crippen LogP contribution in [0.2, 0.25) is 0 Å². The molecule has 2 aromatic rings. The highest BCUT2D eigenvalue weighted by Gasteiger charge is 2.22. The Morgan fingerprint density at radius 2 is 1.59 bits per heavy atom. The fraction of sp³-hybridized carbons (Fsp3) is 0.391. The maximum atomic E-state index is 12.4. The van der Waals surface area contributed by atoms with Crippen molar-refractivity contribution in [2.75, 3.05) is 39.3 Å². The van der Waals surface area contributed by atoms with Gasteiger partial charge in [-0.05, 0) is 23.3 Å². The first kappa shape index (κ1) is 23.5. The van der Waals surface area contributed by atoms with E-state index >= 15 is 0 Å². The SMILES string of the molecule is O=C(CN1CCN(C(=O)NCc2cccc(OCC(F)F)c2)CC1)NCc1ccccc1. The average Bonchev–Trinajstić information content (AvgIpc) is 2.81. The minimum Gasteiger partial charge on any atom is -0.488 e. The monoisotopic (exact) mass is 446 g/mol. The Kier molecular flexibility index (Phi) is 8.79. The third-order valence-corrected chi connectivity index (χ3v) is 5.08. The number of piperazine rings is 1. The quantitative estimate of drug-likeness (QED) is 0.621. The van der Waals surface area contributed by atoms with Crippen LogP contribution in [0.3, 0.4) is 0 Å². The molecule has 1 saturated heterocycles. The number of nitrogens with zero attached hydrogens (tertiary/aromatic N) is 2. The summed E-state index contributed by atoms with van der Waals surface area (Å²) in [5, 5.41) is 5.75. The first-order valence-electron chi connectivity index (χ1n) is 10.6. The van der Waals surface area contributed by atoms with E-state index in [1.54, 1.807) is 29.2 Å². The number of nitrogens with one attached hydrogen (secondary N) is 2. The molecule has 0 bridgehead atoms. The number of carbonyl (C=O) groups is 2. The van der Waals surface area contributed by atoms with Crippen molar-refractivity contribution in [3.8, 4) is 5.75 Å². The van der Waals surface area contributed by atoms with Crippen molar-refractivity contribution in [2.24, 2.45) is 0 Å². The molecule has 7 nitrogen and oxygen atoms in total. The number of amides is 3. The Morgan fingerprint density at radius 3 is 2.31 bits per heavy atom. The van der Waals surface area contributed by atoms with E-state index in [1.807, 2.05) is 35.2 Å². The van der Waals surface area contributed by atoms with E-state index in [0.29, 0.717) is 45.0 Å². The molecule has 1 aliphatic heterocycles. The second kappa shape index (κ2) is 12.0. The topological polar surface area (TPSA) is 73.9 Å². The van der Waals surface area contributed by atoms with Crippen molar-refractivity contribution in [1.82, 2.24) is 20.4 Å². The number of rotatable bonds is 9. The van der Waals surface area contributed by atoms with Gasteiger partial charge in [-0.1, -0.05) is 42.5 Å². The fourth-order valence-electron chi connectivity index (χ4n) is 3.36. The van der Waals surface area contributed by atoms with Gasteiger partial charge in [0.2, 0.25) is 5.91 Å². The van der Waals surface area contributed by atoms with Crippen molar-refractivity contribution >= 4 is 11.9 Å². The van der Waals surface area contributed by atoms with E-state index in [-0.39, 0.29) is 18.5 Å². The number of urea groups is 1. The summed E-state index contributed by atoms with van der Waals surface area (Å²) in [6.45, 7) is 2.68. The Hall–Kier alpha value is -3.20. The van der Waals surface area contributed by atoms with Gasteiger partial charge >= 0.3 is 6.03 Å². The number of benzene rings is 2. The van der Waals surface area contributed by atoms with E-state index in [2.05, 4.69) is 10.6 Å². The first-order valence-corrected chi connectivity index (χ1v) is 10.6. The molecular weight excluding hydrogens is 418 g/mol. The molecule has 0 spiro atoms. The summed E-state index contributed by atoms with van der Waals surface area (Å²) in [7, 11) is 0. The Morgan fingerprint density at radius 1 is 0.906 bits per heavy atom. The van der Waals surface area contributed by atoms with Gasteiger partial charge < -0.3 is 20.3 Å². The van der Waals surface area contributed by atoms with Gasteiger partial charge in [0.05, 0.1) is 6.54 Å². The van der Waals surface area contributed by atoms with Gasteiger partial charge in [-0.2, -0.15) is 0 Å². The van der Waals surface area contributed by atoms with Gasteiger partial charge in [-0.15, -0.1) is 0 Å². The van der Waals surface area contributed by atoms with Crippen molar-refractivity contribution in [1.29, 1.82) is 0 Å². The highest BCUT2D eigenvalue weighted by molar-refractivity contribution is 5.78. The van der Waals surface area contributed by atoms with Gasteiger partial charge in [-0.3, -0.25) is 9.69 Å². The molecule has 2 aromatic carbocycles. The molecule has 1 heterocycles. The number of ether oxygens (including phenoxy) is 1. The molecule has 0 radical (unpaired) electrons. The standard InChI is InChI=1S/C23H28F2N4O3/c24-21(25)17-32-20-8-4-7-19(13-20)15-27-23(31)29-11-9-28(10-12-29)16-22(30)26-14-18-5-2-1-3-6-18/h1-8,13,21H,9-12,14-17H2,(H,26,30)(H,27,31). The van der Waals surface area contributed by atoms with Gasteiger partial charge in [-0.25, -0.2) is 13.6 Å². The van der Waals surface area contributed by atoms with E-state index in [1.165, 1.54) is 0 Å². The molecular formula is C23H28F2N4O3. The van der Waals surface area contributed by atoms with E-state index in [0.717, 1.165) is 11.1 Å². The molecule has 0 aromatic heterocycles. The number of halogens is 2. The third kappa shape index (κ3) is 7.81. The second-order valence-corrected chi connectivity index (χ2v) is 7.53. The zero-order chi connectivity index (χ0) is 22.8. The van der Waals surface area contributed by atoms with E-state index < -0.39 is 13.0 Å². The summed E-state index contributed by atoms with van der Waals surface area (Å²) >= 11 is 0. The highest BCUT2D eigenvalue weighted by Crippen LogP contribution is 2.14. The molecule has 3 rings (SSSR count). The van der Waals surface area contributed by atoms with Crippen LogP contribution in [-0.4, -0.2) is 67.5 Å². The molecule has 0 unspecified atom stereocenters. The Bertz CT molecular complexity index is 875. The van der Waals surface area contributed by atoms with Crippen LogP contribution in [0.5, 0.6) is 5.75 Å². The Balaban J connectivity index is 1.35. The van der Waals surface area contributed by atoms with E-state index in [9.17, 15) is 18.4 Å². The minimum atomic E-state index is -2.54. The number of carbonyl (C=O) groups excluding carboxylic acids is 2. The van der Waals surface area contributed by atoms with Crippen molar-refractivity contribution < 1.29 is 23.1 Å². The van der Waals surface area contributed by atoms with Crippen LogP contribution in [-0.2, 0) is 17.9 Å². The summed E-state index contributed by atoms with van der Waals surface area (Å²) < 4.78 is 29.6. The lowest BCUT2D eigenvalue weighted by Gasteiger charge is -2.34. The molecule has 0 atom stereocenters. The summed E-state index contributed by atoms with van der Waals surface area (Å²) in [6, 6.07) is 16.3. The lowest BCUT2D eigenvalue weighted by Crippen LogP contribution is -2.53. The zero-order valence-electron chi connectivity index (χ0n) is 17.8. The number of hydrogen-bond acceptors (Lipinski definition) is 4. The zero-order valence-corrected chi connectivity index (χ0v) is 17.8. The number of hydrogen-bond donors (Lipinski definition) is 2. The van der Waals surface area contributed by atoms with E-state index in [4.69, 9.17) is 4.74 Å². The largest absolute Gasteiger partial charge is 0.488 e. The molecule has 0 aliphatic carbocycles. The van der Waals surface area contributed by atoms with Crippen LogP contribution in [0.25, 0.3) is 0 Å². The van der Waals surface area contributed by atoms with Gasteiger partial charge in [0.15, 0.2) is 0 Å². The molecule has 0 saturated carbocycles. The second-order valence-electron chi connectivity index (χ2n) is 7.53. The van der Waals surface area contributed by atoms with Crippen molar-refractivity contribution in [2.45, 2.75) is 19.5 Å². The molecule has 1 aliphatic rings. The molecule has 1 fully saturated rings. The maximum absolute atomic E-state index is 12.4. The smallest absolute Gasteiger partial charge is 0.317 e. The average molecular weight is 446 g/mol. The molecule has 9 heteroatoms. The molecule has 3 amide bonds. The van der Waals surface area contributed by atoms with Gasteiger partial charge in [0, 0.05) is 39.3 Å². The van der Waals surface area contributed by atoms with Crippen LogP contribution in [0.1, 0.15) is 11.1 Å². The molecule has 32 heavy (non-hydrogen) atoms. The first-order chi connectivity index (χ1) is 15.5. The molecule has 172 valence electrons. The fourth-order valence-corrected chi connectivity index (χ4v) is 3.36. The van der Waals surface area contributed by atoms with Crippen LogP contribution < -0.4 is 15.4 Å². The predicted octanol–water partition coefficient (Wildman–Crippen LogP) is 2.47. The van der Waals surface area contributed by atoms with Crippen LogP contribution in [0.15, 0.2) is 54.6 Å². The number of alkyl halides is 2. The summed E-state index contributed by atoms with van der Waals surface area (Å²) in [6.07, 6.45) is -2.54. The van der Waals surface area contributed by atoms with Crippen molar-refractivity contribution in [3.05, 3.63) is 65.7 Å². The van der Waals surface area contributed by atoms with Crippen LogP contribution in [0, 0.1) is 0 Å². The highest BCUT2D eigenvalue weighted by atomic mass is 19.3. The maximum Gasteiger partial charge on any atom is 0.317 e. The summed E-state index contributed by atoms with van der Waals surface area (Å²) in [5.41, 5.74) is 1.81. The third-order valence-electron chi connectivity index (χ3n) is 5.08. The molecule has 2 N–H and O–H groups in total. The van der Waals surface area contributed by atoms with Crippen LogP contribution in [0.4, 0.5) is 13.6 Å². The lowest BCUT2D eigenvalue weighted by atomic mass is 10.2. The van der Waals surface area contributed by atoms with Crippen LogP contribution >= 0.6 is 0 Å². The summed E-state index contributed by atoms with van der Waals surface area (Å²) in [5.74, 6) is 0.303. The lowest BCUT2D eigenvalue weighted by molar-refractivity contribution is -0.122.